The van der Waals surface area contributed by atoms with Gasteiger partial charge >= 0.3 is 0 Å². The Morgan fingerprint density at radius 1 is 1.19 bits per heavy atom. The molecule has 1 atom stereocenters. The van der Waals surface area contributed by atoms with Crippen molar-refractivity contribution in [3.05, 3.63) is 62.3 Å². The van der Waals surface area contributed by atoms with E-state index in [2.05, 4.69) is 69.6 Å². The van der Waals surface area contributed by atoms with E-state index < -0.39 is 0 Å². The number of benzene rings is 2. The summed E-state index contributed by atoms with van der Waals surface area (Å²) in [6.07, 6.45) is 6.02. The van der Waals surface area contributed by atoms with E-state index in [-0.39, 0.29) is 10.6 Å². The number of nitro groups is 1. The van der Waals surface area contributed by atoms with Crippen molar-refractivity contribution in [1.29, 1.82) is 0 Å². The molecule has 140 valence electrons. The minimum Gasteiger partial charge on any atom is -0.345 e. The molecule has 2 aromatic carbocycles. The molecular weight excluding hydrogens is 453 g/mol. The summed E-state index contributed by atoms with van der Waals surface area (Å²) >= 11 is 2.20. The molecule has 4 rings (SSSR count). The van der Waals surface area contributed by atoms with Gasteiger partial charge in [0.2, 0.25) is 0 Å². The van der Waals surface area contributed by atoms with Crippen LogP contribution in [0.1, 0.15) is 19.3 Å². The van der Waals surface area contributed by atoms with Gasteiger partial charge in [0, 0.05) is 51.0 Å². The molecule has 1 aliphatic rings. The largest absolute Gasteiger partial charge is 0.345 e. The van der Waals surface area contributed by atoms with Crippen LogP contribution in [-0.2, 0) is 6.54 Å². The predicted octanol–water partition coefficient (Wildman–Crippen LogP) is 5.31. The molecule has 0 bridgehead atoms. The number of nitrogens with zero attached hydrogens (tertiary/aromatic N) is 3. The molecule has 0 amide bonds. The van der Waals surface area contributed by atoms with Crippen LogP contribution in [0.3, 0.4) is 0 Å². The second-order valence-electron chi connectivity index (χ2n) is 7.26. The topological polar surface area (TPSA) is 51.3 Å². The molecule has 0 radical (unpaired) electrons. The van der Waals surface area contributed by atoms with Crippen LogP contribution in [0.2, 0.25) is 0 Å². The highest BCUT2D eigenvalue weighted by Crippen LogP contribution is 2.35. The lowest BCUT2D eigenvalue weighted by Crippen LogP contribution is -2.38. The lowest BCUT2D eigenvalue weighted by Gasteiger charge is -2.32. The van der Waals surface area contributed by atoms with E-state index in [1.807, 2.05) is 6.07 Å². The summed E-state index contributed by atoms with van der Waals surface area (Å²) in [5, 5.41) is 12.3. The maximum absolute atomic E-state index is 11.1. The van der Waals surface area contributed by atoms with Gasteiger partial charge in [0.1, 0.15) is 0 Å². The molecule has 5 nitrogen and oxygen atoms in total. The number of para-hydroxylation sites is 1. The van der Waals surface area contributed by atoms with Crippen LogP contribution < -0.4 is 0 Å². The van der Waals surface area contributed by atoms with Gasteiger partial charge in [-0.1, -0.05) is 24.6 Å². The Morgan fingerprint density at radius 2 is 2.00 bits per heavy atom. The van der Waals surface area contributed by atoms with Crippen LogP contribution in [0, 0.1) is 13.7 Å². The van der Waals surface area contributed by atoms with E-state index in [9.17, 15) is 10.1 Å². The third-order valence-corrected chi connectivity index (χ3v) is 6.46. The number of fused-ring (bicyclic) bond motifs is 1. The fourth-order valence-electron chi connectivity index (χ4n) is 4.05. The maximum atomic E-state index is 11.1. The Morgan fingerprint density at radius 3 is 2.74 bits per heavy atom. The number of piperidine rings is 1. The highest BCUT2D eigenvalue weighted by atomic mass is 127. The summed E-state index contributed by atoms with van der Waals surface area (Å²) in [5.74, 6) is 0. The number of aromatic nitrogens is 1. The van der Waals surface area contributed by atoms with Crippen molar-refractivity contribution in [3.8, 4) is 11.1 Å². The minimum absolute atomic E-state index is 0.135. The van der Waals surface area contributed by atoms with Gasteiger partial charge in [0.15, 0.2) is 0 Å². The van der Waals surface area contributed by atoms with Gasteiger partial charge in [-0.15, -0.1) is 0 Å². The van der Waals surface area contributed by atoms with Gasteiger partial charge < -0.3 is 9.47 Å². The first-order valence-electron chi connectivity index (χ1n) is 9.27. The first-order chi connectivity index (χ1) is 13.0. The fraction of sp³-hybridized carbons (Fsp3) is 0.333. The molecule has 1 aliphatic heterocycles. The molecule has 0 N–H and O–H groups in total. The van der Waals surface area contributed by atoms with Gasteiger partial charge in [0.25, 0.3) is 5.69 Å². The van der Waals surface area contributed by atoms with Crippen LogP contribution in [0.25, 0.3) is 22.0 Å². The molecule has 1 saturated heterocycles. The van der Waals surface area contributed by atoms with Crippen LogP contribution in [0.4, 0.5) is 5.69 Å². The minimum atomic E-state index is -0.339. The molecule has 2 heterocycles. The third-order valence-electron chi connectivity index (χ3n) is 5.57. The number of halogens is 1. The monoisotopic (exact) mass is 475 g/mol. The molecule has 0 aliphatic carbocycles. The number of hydrogen-bond acceptors (Lipinski definition) is 3. The summed E-state index contributed by atoms with van der Waals surface area (Å²) in [6.45, 7) is 2.14. The number of likely N-dealkylation sites (N-methyl/N-ethyl adjacent to an activating group) is 1. The van der Waals surface area contributed by atoms with Crippen molar-refractivity contribution in [2.75, 3.05) is 13.6 Å². The number of hydrogen-bond donors (Lipinski definition) is 0. The smallest absolute Gasteiger partial charge is 0.270 e. The van der Waals surface area contributed by atoms with Crippen molar-refractivity contribution in [1.82, 2.24) is 9.47 Å². The van der Waals surface area contributed by atoms with E-state index in [0.29, 0.717) is 6.04 Å². The Hall–Kier alpha value is -1.93. The molecule has 1 aromatic heterocycles. The quantitative estimate of drug-likeness (QED) is 0.292. The summed E-state index contributed by atoms with van der Waals surface area (Å²) in [7, 11) is 2.22. The van der Waals surface area contributed by atoms with Gasteiger partial charge in [-0.2, -0.15) is 0 Å². The van der Waals surface area contributed by atoms with Crippen LogP contribution in [0.15, 0.2) is 48.7 Å². The Bertz CT molecular complexity index is 998. The van der Waals surface area contributed by atoms with E-state index in [4.69, 9.17) is 0 Å². The zero-order valence-corrected chi connectivity index (χ0v) is 17.4. The normalized spacial score (nSPS) is 18.1. The molecule has 0 saturated carbocycles. The Kier molecular flexibility index (Phi) is 5.19. The van der Waals surface area contributed by atoms with E-state index in [0.717, 1.165) is 27.8 Å². The zero-order valence-electron chi connectivity index (χ0n) is 15.3. The van der Waals surface area contributed by atoms with Gasteiger partial charge in [-0.25, -0.2) is 0 Å². The molecule has 27 heavy (non-hydrogen) atoms. The maximum Gasteiger partial charge on any atom is 0.270 e. The highest BCUT2D eigenvalue weighted by Gasteiger charge is 2.21. The third kappa shape index (κ3) is 3.60. The second kappa shape index (κ2) is 7.59. The first kappa shape index (κ1) is 18.4. The van der Waals surface area contributed by atoms with Crippen LogP contribution >= 0.6 is 22.6 Å². The Labute approximate surface area is 172 Å². The van der Waals surface area contributed by atoms with Crippen molar-refractivity contribution in [2.45, 2.75) is 31.8 Å². The van der Waals surface area contributed by atoms with E-state index in [1.54, 1.807) is 12.1 Å². The average Bonchev–Trinajstić information content (AvgIpc) is 3.02. The van der Waals surface area contributed by atoms with Crippen molar-refractivity contribution >= 4 is 39.2 Å². The summed E-state index contributed by atoms with van der Waals surface area (Å²) in [6, 6.07) is 14.1. The number of rotatable bonds is 4. The zero-order chi connectivity index (χ0) is 19.0. The predicted molar refractivity (Wildman–Crippen MR) is 117 cm³/mol. The van der Waals surface area contributed by atoms with Gasteiger partial charge in [0.05, 0.1) is 4.92 Å². The molecule has 1 unspecified atom stereocenters. The Balaban J connectivity index is 1.77. The second-order valence-corrected chi connectivity index (χ2v) is 8.43. The number of non-ortho nitro benzene ring substituents is 1. The summed E-state index contributed by atoms with van der Waals surface area (Å²) in [4.78, 5) is 13.2. The standard InChI is InChI=1S/C21H22IN3O2/c1-23-11-5-4-6-16(23)13-24-14-19(18-7-2-3-8-21(18)24)17-10-9-15(25(26)27)12-20(17)22/h2-3,7-10,12,14,16H,4-6,11,13H2,1H3. The molecule has 6 heteroatoms. The van der Waals surface area contributed by atoms with Gasteiger partial charge in [-0.3, -0.25) is 10.1 Å². The van der Waals surface area contributed by atoms with Crippen molar-refractivity contribution in [2.24, 2.45) is 0 Å². The number of nitro benzene ring substituents is 1. The molecule has 3 aromatic rings. The van der Waals surface area contributed by atoms with Crippen molar-refractivity contribution in [3.63, 3.8) is 0 Å². The van der Waals surface area contributed by atoms with Crippen LogP contribution in [-0.4, -0.2) is 34.0 Å². The number of likely N-dealkylation sites (tertiary alicyclic amines) is 1. The molecular formula is C21H22IN3O2. The summed E-state index contributed by atoms with van der Waals surface area (Å²) < 4.78 is 3.26. The summed E-state index contributed by atoms with van der Waals surface area (Å²) in [5.41, 5.74) is 3.55. The molecule has 1 fully saturated rings. The highest BCUT2D eigenvalue weighted by molar-refractivity contribution is 14.1. The van der Waals surface area contributed by atoms with E-state index in [1.165, 1.54) is 30.2 Å². The van der Waals surface area contributed by atoms with Crippen LogP contribution in [0.5, 0.6) is 0 Å². The SMILES string of the molecule is CN1CCCCC1Cn1cc(-c2ccc([N+](=O)[O-])cc2I)c2ccccc21. The lowest BCUT2D eigenvalue weighted by molar-refractivity contribution is -0.384. The first-order valence-corrected chi connectivity index (χ1v) is 10.3. The average molecular weight is 475 g/mol. The fourth-order valence-corrected chi connectivity index (χ4v) is 4.84. The molecule has 0 spiro atoms. The van der Waals surface area contributed by atoms with Crippen molar-refractivity contribution < 1.29 is 4.92 Å². The van der Waals surface area contributed by atoms with E-state index >= 15 is 0 Å². The lowest BCUT2D eigenvalue weighted by atomic mass is 10.0. The van der Waals surface area contributed by atoms with Gasteiger partial charge in [-0.05, 0) is 66.7 Å².